The predicted molar refractivity (Wildman–Crippen MR) is 96.7 cm³/mol. The minimum absolute atomic E-state index is 0.0637. The fourth-order valence-corrected chi connectivity index (χ4v) is 3.54. The SMILES string of the molecule is Cc1cccc(OCCCCC(=O)NC2(C)CCCCC2C(=O)O)c1. The molecule has 1 aliphatic rings. The van der Waals surface area contributed by atoms with Crippen LogP contribution in [0.5, 0.6) is 5.75 Å². The number of carboxylic acids is 1. The first-order chi connectivity index (χ1) is 11.9. The van der Waals surface area contributed by atoms with Crippen LogP contribution in [0.3, 0.4) is 0 Å². The van der Waals surface area contributed by atoms with Crippen LogP contribution < -0.4 is 10.1 Å². The molecule has 2 rings (SSSR count). The average molecular weight is 347 g/mol. The molecule has 1 aromatic carbocycles. The number of nitrogens with one attached hydrogen (secondary N) is 1. The van der Waals surface area contributed by atoms with Gasteiger partial charge in [-0.3, -0.25) is 9.59 Å². The molecule has 0 bridgehead atoms. The molecule has 2 N–H and O–H groups in total. The van der Waals surface area contributed by atoms with Crippen LogP contribution in [0, 0.1) is 12.8 Å². The summed E-state index contributed by atoms with van der Waals surface area (Å²) in [7, 11) is 0. The summed E-state index contributed by atoms with van der Waals surface area (Å²) >= 11 is 0. The quantitative estimate of drug-likeness (QED) is 0.703. The van der Waals surface area contributed by atoms with Gasteiger partial charge in [-0.05, 0) is 57.2 Å². The van der Waals surface area contributed by atoms with Crippen molar-refractivity contribution >= 4 is 11.9 Å². The highest BCUT2D eigenvalue weighted by Gasteiger charge is 2.41. The fourth-order valence-electron chi connectivity index (χ4n) is 3.54. The van der Waals surface area contributed by atoms with Crippen LogP contribution in [0.4, 0.5) is 0 Å². The van der Waals surface area contributed by atoms with Crippen molar-refractivity contribution < 1.29 is 19.4 Å². The Labute approximate surface area is 149 Å². The van der Waals surface area contributed by atoms with Gasteiger partial charge in [0.2, 0.25) is 5.91 Å². The minimum Gasteiger partial charge on any atom is -0.494 e. The molecule has 2 atom stereocenters. The van der Waals surface area contributed by atoms with E-state index < -0.39 is 17.4 Å². The maximum atomic E-state index is 12.2. The highest BCUT2D eigenvalue weighted by Crippen LogP contribution is 2.34. The molecule has 138 valence electrons. The summed E-state index contributed by atoms with van der Waals surface area (Å²) in [5.74, 6) is -0.515. The lowest BCUT2D eigenvalue weighted by Gasteiger charge is -2.39. The Morgan fingerprint density at radius 2 is 2.12 bits per heavy atom. The van der Waals surface area contributed by atoms with Gasteiger partial charge in [0, 0.05) is 6.42 Å². The number of hydrogen-bond acceptors (Lipinski definition) is 3. The Morgan fingerprint density at radius 3 is 2.84 bits per heavy atom. The number of benzene rings is 1. The number of ether oxygens (including phenoxy) is 1. The first-order valence-corrected chi connectivity index (χ1v) is 9.14. The molecule has 25 heavy (non-hydrogen) atoms. The number of carbonyl (C=O) groups is 2. The molecule has 5 heteroatoms. The number of carbonyl (C=O) groups excluding carboxylic acids is 1. The number of carboxylic acid groups (broad SMARTS) is 1. The van der Waals surface area contributed by atoms with Crippen LogP contribution in [0.15, 0.2) is 24.3 Å². The van der Waals surface area contributed by atoms with Crippen molar-refractivity contribution in [1.82, 2.24) is 5.32 Å². The highest BCUT2D eigenvalue weighted by molar-refractivity contribution is 5.79. The van der Waals surface area contributed by atoms with Gasteiger partial charge in [0.05, 0.1) is 18.1 Å². The molecule has 1 aliphatic carbocycles. The molecule has 1 saturated carbocycles. The molecule has 1 aromatic rings. The molecule has 0 aromatic heterocycles. The van der Waals surface area contributed by atoms with E-state index >= 15 is 0 Å². The van der Waals surface area contributed by atoms with Crippen molar-refractivity contribution in [3.05, 3.63) is 29.8 Å². The second kappa shape index (κ2) is 8.88. The third kappa shape index (κ3) is 5.76. The van der Waals surface area contributed by atoms with E-state index in [2.05, 4.69) is 5.32 Å². The number of aryl methyl sites for hydroxylation is 1. The number of hydrogen-bond donors (Lipinski definition) is 2. The second-order valence-electron chi connectivity index (χ2n) is 7.22. The molecule has 0 heterocycles. The third-order valence-corrected chi connectivity index (χ3v) is 4.99. The summed E-state index contributed by atoms with van der Waals surface area (Å²) in [5.41, 5.74) is 0.532. The highest BCUT2D eigenvalue weighted by atomic mass is 16.5. The van der Waals surface area contributed by atoms with E-state index in [-0.39, 0.29) is 5.91 Å². The van der Waals surface area contributed by atoms with Crippen LogP contribution in [0.2, 0.25) is 0 Å². The van der Waals surface area contributed by atoms with E-state index in [9.17, 15) is 14.7 Å². The zero-order valence-electron chi connectivity index (χ0n) is 15.2. The first kappa shape index (κ1) is 19.3. The number of unbranched alkanes of at least 4 members (excludes halogenated alkanes) is 1. The zero-order chi connectivity index (χ0) is 18.3. The zero-order valence-corrected chi connectivity index (χ0v) is 15.2. The number of rotatable bonds is 8. The van der Waals surface area contributed by atoms with E-state index in [1.54, 1.807) is 0 Å². The first-order valence-electron chi connectivity index (χ1n) is 9.14. The lowest BCUT2D eigenvalue weighted by Crippen LogP contribution is -2.55. The van der Waals surface area contributed by atoms with Gasteiger partial charge in [0.1, 0.15) is 5.75 Å². The molecule has 1 amide bonds. The van der Waals surface area contributed by atoms with E-state index in [4.69, 9.17) is 4.74 Å². The molecular weight excluding hydrogens is 318 g/mol. The van der Waals surface area contributed by atoms with Crippen molar-refractivity contribution in [3.8, 4) is 5.75 Å². The van der Waals surface area contributed by atoms with Crippen LogP contribution in [-0.4, -0.2) is 29.1 Å². The lowest BCUT2D eigenvalue weighted by molar-refractivity contribution is -0.146. The molecule has 1 fully saturated rings. The average Bonchev–Trinajstić information content (AvgIpc) is 2.54. The monoisotopic (exact) mass is 347 g/mol. The Balaban J connectivity index is 1.70. The maximum Gasteiger partial charge on any atom is 0.308 e. The summed E-state index contributed by atoms with van der Waals surface area (Å²) in [6, 6.07) is 7.90. The van der Waals surface area contributed by atoms with E-state index in [1.807, 2.05) is 38.1 Å². The number of aliphatic carboxylic acids is 1. The fraction of sp³-hybridized carbons (Fsp3) is 0.600. The molecule has 0 aliphatic heterocycles. The minimum atomic E-state index is -0.811. The summed E-state index contributed by atoms with van der Waals surface area (Å²) in [6.07, 6.45) is 5.16. The van der Waals surface area contributed by atoms with Gasteiger partial charge in [0.15, 0.2) is 0 Å². The van der Waals surface area contributed by atoms with Gasteiger partial charge < -0.3 is 15.2 Å². The summed E-state index contributed by atoms with van der Waals surface area (Å²) in [6.45, 7) is 4.46. The predicted octanol–water partition coefficient (Wildman–Crippen LogP) is 3.69. The molecule has 5 nitrogen and oxygen atoms in total. The van der Waals surface area contributed by atoms with Crippen molar-refractivity contribution in [1.29, 1.82) is 0 Å². The van der Waals surface area contributed by atoms with Crippen LogP contribution in [0.1, 0.15) is 57.4 Å². The molecule has 0 saturated heterocycles. The summed E-state index contributed by atoms with van der Waals surface area (Å²) in [4.78, 5) is 23.7. The topological polar surface area (TPSA) is 75.6 Å². The largest absolute Gasteiger partial charge is 0.494 e. The number of amides is 1. The van der Waals surface area contributed by atoms with Gasteiger partial charge in [-0.2, -0.15) is 0 Å². The van der Waals surface area contributed by atoms with Gasteiger partial charge in [-0.15, -0.1) is 0 Å². The van der Waals surface area contributed by atoms with E-state index in [0.717, 1.165) is 43.4 Å². The maximum absolute atomic E-state index is 12.2. The standard InChI is InChI=1S/C20H29NO4/c1-15-8-7-9-16(14-15)25-13-6-4-11-18(22)21-20(2)12-5-3-10-17(20)19(23)24/h7-9,14,17H,3-6,10-13H2,1-2H3,(H,21,22)(H,23,24). The van der Waals surface area contributed by atoms with Gasteiger partial charge in [-0.1, -0.05) is 25.0 Å². The Bertz CT molecular complexity index is 601. The Kier molecular flexibility index (Phi) is 6.85. The van der Waals surface area contributed by atoms with Crippen LogP contribution in [-0.2, 0) is 9.59 Å². The van der Waals surface area contributed by atoms with Crippen molar-refractivity contribution in [2.75, 3.05) is 6.61 Å². The van der Waals surface area contributed by atoms with Gasteiger partial charge in [0.25, 0.3) is 0 Å². The van der Waals surface area contributed by atoms with E-state index in [1.165, 1.54) is 0 Å². The van der Waals surface area contributed by atoms with E-state index in [0.29, 0.717) is 19.4 Å². The van der Waals surface area contributed by atoms with Crippen molar-refractivity contribution in [2.24, 2.45) is 5.92 Å². The molecule has 0 spiro atoms. The van der Waals surface area contributed by atoms with Crippen molar-refractivity contribution in [3.63, 3.8) is 0 Å². The third-order valence-electron chi connectivity index (χ3n) is 4.99. The molecule has 2 unspecified atom stereocenters. The lowest BCUT2D eigenvalue weighted by atomic mass is 9.74. The smallest absolute Gasteiger partial charge is 0.308 e. The molecular formula is C20H29NO4. The molecule has 0 radical (unpaired) electrons. The second-order valence-corrected chi connectivity index (χ2v) is 7.22. The van der Waals surface area contributed by atoms with Gasteiger partial charge in [-0.25, -0.2) is 0 Å². The summed E-state index contributed by atoms with van der Waals surface area (Å²) < 4.78 is 5.68. The van der Waals surface area contributed by atoms with Crippen LogP contribution >= 0.6 is 0 Å². The van der Waals surface area contributed by atoms with Crippen molar-refractivity contribution in [2.45, 2.75) is 64.3 Å². The van der Waals surface area contributed by atoms with Crippen LogP contribution in [0.25, 0.3) is 0 Å². The summed E-state index contributed by atoms with van der Waals surface area (Å²) in [5, 5.41) is 12.4. The normalized spacial score (nSPS) is 23.0. The Morgan fingerprint density at radius 1 is 1.32 bits per heavy atom. The Hall–Kier alpha value is -2.04. The van der Waals surface area contributed by atoms with Gasteiger partial charge >= 0.3 is 5.97 Å².